The molecule has 0 aliphatic rings. The van der Waals surface area contributed by atoms with Crippen LogP contribution in [0.25, 0.3) is 0 Å². The molecule has 0 unspecified atom stereocenters. The summed E-state index contributed by atoms with van der Waals surface area (Å²) in [6, 6.07) is 13.6. The minimum Gasteiger partial charge on any atom is -0.494 e. The molecule has 0 saturated heterocycles. The molecule has 3 N–H and O–H groups in total. The molecule has 0 fully saturated rings. The number of hydrogen-bond acceptors (Lipinski definition) is 4. The minimum atomic E-state index is 0.332. The molecule has 0 aliphatic heterocycles. The van der Waals surface area contributed by atoms with E-state index in [9.17, 15) is 0 Å². The second-order valence-electron chi connectivity index (χ2n) is 5.71. The number of nitrogens with one attached hydrogen (secondary N) is 1. The maximum absolute atomic E-state index is 6.07. The Bertz CT molecular complexity index is 747. The van der Waals surface area contributed by atoms with Crippen molar-refractivity contribution in [3.05, 3.63) is 48.0 Å². The van der Waals surface area contributed by atoms with Gasteiger partial charge in [0.1, 0.15) is 17.2 Å². The number of aliphatic imine (C=N–C) groups is 1. The van der Waals surface area contributed by atoms with Gasteiger partial charge >= 0.3 is 0 Å². The highest BCUT2D eigenvalue weighted by molar-refractivity contribution is 5.94. The molecule has 0 saturated carbocycles. The first kappa shape index (κ1) is 20.4. The highest BCUT2D eigenvalue weighted by Crippen LogP contribution is 2.29. The van der Waals surface area contributed by atoms with Crippen molar-refractivity contribution in [2.75, 3.05) is 31.7 Å². The summed E-state index contributed by atoms with van der Waals surface area (Å²) in [5.41, 5.74) is 7.92. The Morgan fingerprint density at radius 1 is 0.926 bits per heavy atom. The molecule has 6 nitrogen and oxygen atoms in total. The fraction of sp³-hybridized carbons (Fsp3) is 0.381. The molecule has 6 heteroatoms. The molecule has 0 amide bonds. The molecule has 27 heavy (non-hydrogen) atoms. The lowest BCUT2D eigenvalue weighted by molar-refractivity contribution is 0.332. The lowest BCUT2D eigenvalue weighted by Crippen LogP contribution is -2.23. The van der Waals surface area contributed by atoms with E-state index in [0.717, 1.165) is 29.2 Å². The first-order chi connectivity index (χ1) is 13.2. The van der Waals surface area contributed by atoms with Crippen LogP contribution in [-0.2, 0) is 6.42 Å². The van der Waals surface area contributed by atoms with Gasteiger partial charge in [-0.3, -0.25) is 4.99 Å². The monoisotopic (exact) mass is 371 g/mol. The van der Waals surface area contributed by atoms with Crippen LogP contribution in [0.1, 0.15) is 26.3 Å². The summed E-state index contributed by atoms with van der Waals surface area (Å²) in [6.45, 7) is 8.21. The van der Waals surface area contributed by atoms with E-state index in [2.05, 4.69) is 10.3 Å². The van der Waals surface area contributed by atoms with Crippen molar-refractivity contribution >= 4 is 11.6 Å². The number of rotatable bonds is 10. The molecule has 0 atom stereocenters. The molecular formula is C21H29N3O3. The van der Waals surface area contributed by atoms with Gasteiger partial charge in [-0.1, -0.05) is 18.2 Å². The van der Waals surface area contributed by atoms with Crippen molar-refractivity contribution in [3.8, 4) is 17.2 Å². The largest absolute Gasteiger partial charge is 0.494 e. The molecule has 2 rings (SSSR count). The van der Waals surface area contributed by atoms with E-state index in [1.165, 1.54) is 0 Å². The number of nitrogens with zero attached hydrogens (tertiary/aromatic N) is 1. The Morgan fingerprint density at radius 3 is 2.37 bits per heavy atom. The Hall–Kier alpha value is -2.89. The zero-order chi connectivity index (χ0) is 19.5. The van der Waals surface area contributed by atoms with Gasteiger partial charge in [-0.25, -0.2) is 0 Å². The average molecular weight is 371 g/mol. The summed E-state index contributed by atoms with van der Waals surface area (Å²) in [5.74, 6) is 2.69. The van der Waals surface area contributed by atoms with Gasteiger partial charge in [0.2, 0.25) is 0 Å². The van der Waals surface area contributed by atoms with Crippen molar-refractivity contribution in [1.29, 1.82) is 0 Å². The number of hydrogen-bond donors (Lipinski definition) is 2. The SMILES string of the molecule is CCOc1ccc(OCC)c(NC(N)=NCCc2ccccc2OCC)c1. The fourth-order valence-corrected chi connectivity index (χ4v) is 2.63. The van der Waals surface area contributed by atoms with Crippen LogP contribution >= 0.6 is 0 Å². The molecule has 2 aromatic carbocycles. The highest BCUT2D eigenvalue weighted by Gasteiger charge is 2.07. The standard InChI is InChI=1S/C21H29N3O3/c1-4-25-17-11-12-20(27-6-3)18(15-17)24-21(22)23-14-13-16-9-7-8-10-19(16)26-5-2/h7-12,15H,4-6,13-14H2,1-3H3,(H3,22,23,24). The number of ether oxygens (including phenoxy) is 3. The normalized spacial score (nSPS) is 11.1. The Kier molecular flexibility index (Phi) is 8.29. The summed E-state index contributed by atoms with van der Waals surface area (Å²) in [4.78, 5) is 4.42. The van der Waals surface area contributed by atoms with E-state index in [1.807, 2.05) is 63.2 Å². The maximum Gasteiger partial charge on any atom is 0.193 e. The molecule has 0 aromatic heterocycles. The van der Waals surface area contributed by atoms with E-state index in [0.29, 0.717) is 38.1 Å². The van der Waals surface area contributed by atoms with Gasteiger partial charge in [0.05, 0.1) is 25.5 Å². The molecule has 0 spiro atoms. The lowest BCUT2D eigenvalue weighted by atomic mass is 10.1. The van der Waals surface area contributed by atoms with E-state index < -0.39 is 0 Å². The quantitative estimate of drug-likeness (QED) is 0.490. The zero-order valence-corrected chi connectivity index (χ0v) is 16.3. The van der Waals surface area contributed by atoms with Gasteiger partial charge < -0.3 is 25.3 Å². The van der Waals surface area contributed by atoms with Crippen LogP contribution in [0.2, 0.25) is 0 Å². The van der Waals surface area contributed by atoms with Gasteiger partial charge in [-0.2, -0.15) is 0 Å². The van der Waals surface area contributed by atoms with E-state index in [4.69, 9.17) is 19.9 Å². The first-order valence-corrected chi connectivity index (χ1v) is 9.35. The number of nitrogens with two attached hydrogens (primary N) is 1. The summed E-state index contributed by atoms with van der Waals surface area (Å²) in [6.07, 6.45) is 0.746. The summed E-state index contributed by atoms with van der Waals surface area (Å²) in [7, 11) is 0. The number of para-hydroxylation sites is 1. The minimum absolute atomic E-state index is 0.332. The number of anilines is 1. The molecule has 0 radical (unpaired) electrons. The van der Waals surface area contributed by atoms with Gasteiger partial charge in [0.15, 0.2) is 5.96 Å². The van der Waals surface area contributed by atoms with Gasteiger partial charge in [0, 0.05) is 12.6 Å². The fourth-order valence-electron chi connectivity index (χ4n) is 2.63. The van der Waals surface area contributed by atoms with Crippen LogP contribution in [0, 0.1) is 0 Å². The smallest absolute Gasteiger partial charge is 0.193 e. The number of benzene rings is 2. The van der Waals surface area contributed by atoms with Gasteiger partial charge in [0.25, 0.3) is 0 Å². The molecule has 0 heterocycles. The second-order valence-corrected chi connectivity index (χ2v) is 5.71. The van der Waals surface area contributed by atoms with Crippen LogP contribution in [0.3, 0.4) is 0 Å². The predicted molar refractivity (Wildman–Crippen MR) is 110 cm³/mol. The zero-order valence-electron chi connectivity index (χ0n) is 16.3. The van der Waals surface area contributed by atoms with Crippen molar-refractivity contribution in [2.24, 2.45) is 10.7 Å². The van der Waals surface area contributed by atoms with Crippen LogP contribution in [0.15, 0.2) is 47.5 Å². The van der Waals surface area contributed by atoms with Crippen LogP contribution < -0.4 is 25.3 Å². The summed E-state index contributed by atoms with van der Waals surface area (Å²) >= 11 is 0. The van der Waals surface area contributed by atoms with Crippen LogP contribution in [0.5, 0.6) is 17.2 Å². The topological polar surface area (TPSA) is 78.1 Å². The third-order valence-corrected chi connectivity index (χ3v) is 3.76. The molecule has 0 bridgehead atoms. The molecule has 2 aromatic rings. The Morgan fingerprint density at radius 2 is 1.63 bits per heavy atom. The van der Waals surface area contributed by atoms with Crippen molar-refractivity contribution in [1.82, 2.24) is 0 Å². The third-order valence-electron chi connectivity index (χ3n) is 3.76. The molecule has 0 aliphatic carbocycles. The van der Waals surface area contributed by atoms with Crippen molar-refractivity contribution in [3.63, 3.8) is 0 Å². The molecular weight excluding hydrogens is 342 g/mol. The summed E-state index contributed by atoms with van der Waals surface area (Å²) < 4.78 is 16.8. The van der Waals surface area contributed by atoms with E-state index in [1.54, 1.807) is 0 Å². The van der Waals surface area contributed by atoms with E-state index in [-0.39, 0.29) is 0 Å². The Balaban J connectivity index is 2.03. The van der Waals surface area contributed by atoms with E-state index >= 15 is 0 Å². The third kappa shape index (κ3) is 6.40. The van der Waals surface area contributed by atoms with Crippen molar-refractivity contribution < 1.29 is 14.2 Å². The van der Waals surface area contributed by atoms with Gasteiger partial charge in [-0.15, -0.1) is 0 Å². The Labute approximate surface area is 161 Å². The van der Waals surface area contributed by atoms with Crippen molar-refractivity contribution in [2.45, 2.75) is 27.2 Å². The highest BCUT2D eigenvalue weighted by atomic mass is 16.5. The van der Waals surface area contributed by atoms with Gasteiger partial charge in [-0.05, 0) is 51.0 Å². The lowest BCUT2D eigenvalue weighted by Gasteiger charge is -2.14. The van der Waals surface area contributed by atoms with Crippen LogP contribution in [-0.4, -0.2) is 32.3 Å². The average Bonchev–Trinajstić information content (AvgIpc) is 2.66. The van der Waals surface area contributed by atoms with Crippen LogP contribution in [0.4, 0.5) is 5.69 Å². The predicted octanol–water partition coefficient (Wildman–Crippen LogP) is 3.85. The maximum atomic E-state index is 6.07. The molecule has 146 valence electrons. The second kappa shape index (κ2) is 11.0. The first-order valence-electron chi connectivity index (χ1n) is 9.35. The number of guanidine groups is 1. The summed E-state index contributed by atoms with van der Waals surface area (Å²) in [5, 5.41) is 3.11.